The lowest BCUT2D eigenvalue weighted by molar-refractivity contribution is 0.675. The molecule has 0 aliphatic carbocycles. The molecule has 0 bridgehead atoms. The molecule has 0 aliphatic rings. The Morgan fingerprint density at radius 2 is 1.45 bits per heavy atom. The highest BCUT2D eigenvalue weighted by atomic mass is 32.1. The van der Waals surface area contributed by atoms with Crippen LogP contribution < -0.4 is 5.73 Å². The summed E-state index contributed by atoms with van der Waals surface area (Å²) in [6.07, 6.45) is 0. The van der Waals surface area contributed by atoms with Crippen molar-refractivity contribution in [1.82, 2.24) is 14.8 Å². The standard InChI is InChI=1S/C15H14N4S/c16-14-17-18-15(20)19(14)13(11-7-3-1-4-8-11)12-9-5-2-6-10-12/h1-10,13H,(H2,16,17)(H,18,20). The van der Waals surface area contributed by atoms with Gasteiger partial charge < -0.3 is 5.73 Å². The summed E-state index contributed by atoms with van der Waals surface area (Å²) in [4.78, 5) is 0. The molecule has 0 unspecified atom stereocenters. The van der Waals surface area contributed by atoms with E-state index in [0.29, 0.717) is 10.7 Å². The van der Waals surface area contributed by atoms with E-state index in [9.17, 15) is 0 Å². The topological polar surface area (TPSA) is 59.6 Å². The first-order valence-corrected chi connectivity index (χ1v) is 6.70. The maximum Gasteiger partial charge on any atom is 0.221 e. The predicted molar refractivity (Wildman–Crippen MR) is 81.9 cm³/mol. The third-order valence-corrected chi connectivity index (χ3v) is 3.51. The number of nitrogens with zero attached hydrogens (tertiary/aromatic N) is 2. The molecule has 0 saturated heterocycles. The number of aromatic amines is 1. The van der Waals surface area contributed by atoms with Gasteiger partial charge in [0, 0.05) is 0 Å². The van der Waals surface area contributed by atoms with E-state index in [2.05, 4.69) is 34.5 Å². The van der Waals surface area contributed by atoms with Crippen LogP contribution in [0.15, 0.2) is 60.7 Å². The van der Waals surface area contributed by atoms with E-state index in [0.717, 1.165) is 11.1 Å². The second kappa shape index (κ2) is 5.30. The second-order valence-electron chi connectivity index (χ2n) is 4.48. The molecule has 1 heterocycles. The maximum absolute atomic E-state index is 5.97. The Labute approximate surface area is 121 Å². The zero-order valence-corrected chi connectivity index (χ0v) is 11.5. The summed E-state index contributed by atoms with van der Waals surface area (Å²) in [5.74, 6) is 0.382. The van der Waals surface area contributed by atoms with Crippen molar-refractivity contribution in [2.45, 2.75) is 6.04 Å². The molecule has 1 aromatic heterocycles. The van der Waals surface area contributed by atoms with Crippen LogP contribution in [-0.4, -0.2) is 14.8 Å². The maximum atomic E-state index is 5.97. The lowest BCUT2D eigenvalue weighted by atomic mass is 9.98. The van der Waals surface area contributed by atoms with E-state index in [1.165, 1.54) is 0 Å². The Balaban J connectivity index is 2.22. The quantitative estimate of drug-likeness (QED) is 0.725. The number of H-pyrrole nitrogens is 1. The van der Waals surface area contributed by atoms with Crippen molar-refractivity contribution < 1.29 is 0 Å². The summed E-state index contributed by atoms with van der Waals surface area (Å²) < 4.78 is 2.35. The molecule has 3 rings (SSSR count). The van der Waals surface area contributed by atoms with Crippen LogP contribution in [0.3, 0.4) is 0 Å². The van der Waals surface area contributed by atoms with Crippen LogP contribution in [0.4, 0.5) is 5.95 Å². The summed E-state index contributed by atoms with van der Waals surface area (Å²) in [5, 5.41) is 6.76. The predicted octanol–water partition coefficient (Wildman–Crippen LogP) is 3.16. The number of nitrogens with one attached hydrogen (secondary N) is 1. The van der Waals surface area contributed by atoms with Crippen LogP contribution >= 0.6 is 12.2 Å². The van der Waals surface area contributed by atoms with Crippen molar-refractivity contribution in [2.75, 3.05) is 5.73 Å². The van der Waals surface area contributed by atoms with Gasteiger partial charge in [-0.05, 0) is 23.3 Å². The van der Waals surface area contributed by atoms with E-state index >= 15 is 0 Å². The average Bonchev–Trinajstić information content (AvgIpc) is 2.82. The highest BCUT2D eigenvalue weighted by molar-refractivity contribution is 7.71. The first-order valence-electron chi connectivity index (χ1n) is 6.29. The highest BCUT2D eigenvalue weighted by Gasteiger charge is 2.19. The number of aromatic nitrogens is 3. The van der Waals surface area contributed by atoms with Crippen molar-refractivity contribution in [3.63, 3.8) is 0 Å². The number of benzene rings is 2. The second-order valence-corrected chi connectivity index (χ2v) is 4.87. The summed E-state index contributed by atoms with van der Waals surface area (Å²) in [6.45, 7) is 0. The number of hydrogen-bond donors (Lipinski definition) is 2. The van der Waals surface area contributed by atoms with Gasteiger partial charge in [0.1, 0.15) is 0 Å². The van der Waals surface area contributed by atoms with Crippen LogP contribution in [0.2, 0.25) is 0 Å². The Morgan fingerprint density at radius 1 is 0.950 bits per heavy atom. The van der Waals surface area contributed by atoms with Crippen LogP contribution in [0.25, 0.3) is 0 Å². The Hall–Kier alpha value is -2.40. The van der Waals surface area contributed by atoms with E-state index < -0.39 is 0 Å². The van der Waals surface area contributed by atoms with Gasteiger partial charge in [0.25, 0.3) is 0 Å². The molecule has 100 valence electrons. The molecule has 5 heteroatoms. The third kappa shape index (κ3) is 2.23. The van der Waals surface area contributed by atoms with Crippen LogP contribution in [0.1, 0.15) is 17.2 Å². The number of hydrogen-bond acceptors (Lipinski definition) is 3. The smallest absolute Gasteiger partial charge is 0.221 e. The Morgan fingerprint density at radius 3 is 1.85 bits per heavy atom. The molecule has 20 heavy (non-hydrogen) atoms. The Kier molecular flexibility index (Phi) is 3.35. The molecule has 0 saturated carbocycles. The van der Waals surface area contributed by atoms with Gasteiger partial charge in [-0.3, -0.25) is 4.57 Å². The van der Waals surface area contributed by atoms with Gasteiger partial charge in [0.2, 0.25) is 5.95 Å². The van der Waals surface area contributed by atoms with Crippen molar-refractivity contribution >= 4 is 18.2 Å². The van der Waals surface area contributed by atoms with Gasteiger partial charge in [-0.2, -0.15) is 0 Å². The summed E-state index contributed by atoms with van der Waals surface area (Å²) in [5.41, 5.74) is 8.20. The minimum absolute atomic E-state index is 0.0800. The normalized spacial score (nSPS) is 10.8. The third-order valence-electron chi connectivity index (χ3n) is 3.22. The van der Waals surface area contributed by atoms with Crippen molar-refractivity contribution in [1.29, 1.82) is 0 Å². The number of nitrogen functional groups attached to an aromatic ring is 1. The van der Waals surface area contributed by atoms with E-state index in [1.54, 1.807) is 0 Å². The molecule has 0 fully saturated rings. The molecule has 4 nitrogen and oxygen atoms in total. The fraction of sp³-hybridized carbons (Fsp3) is 0.0667. The van der Waals surface area contributed by atoms with Gasteiger partial charge in [-0.25, -0.2) is 5.10 Å². The van der Waals surface area contributed by atoms with Gasteiger partial charge >= 0.3 is 0 Å². The van der Waals surface area contributed by atoms with E-state index in [1.807, 2.05) is 41.0 Å². The molecular formula is C15H14N4S. The van der Waals surface area contributed by atoms with Crippen LogP contribution in [0.5, 0.6) is 0 Å². The number of rotatable bonds is 3. The first kappa shape index (κ1) is 12.6. The summed E-state index contributed by atoms with van der Waals surface area (Å²) in [7, 11) is 0. The monoisotopic (exact) mass is 282 g/mol. The molecule has 0 atom stereocenters. The minimum atomic E-state index is -0.0800. The number of anilines is 1. The summed E-state index contributed by atoms with van der Waals surface area (Å²) in [6, 6.07) is 20.2. The molecule has 2 aromatic carbocycles. The summed E-state index contributed by atoms with van der Waals surface area (Å²) >= 11 is 5.31. The molecule has 0 radical (unpaired) electrons. The zero-order chi connectivity index (χ0) is 13.9. The van der Waals surface area contributed by atoms with E-state index in [4.69, 9.17) is 18.0 Å². The lowest BCUT2D eigenvalue weighted by Gasteiger charge is -2.20. The van der Waals surface area contributed by atoms with Crippen molar-refractivity contribution in [3.8, 4) is 0 Å². The first-order chi connectivity index (χ1) is 9.77. The van der Waals surface area contributed by atoms with Gasteiger partial charge in [0.15, 0.2) is 4.77 Å². The van der Waals surface area contributed by atoms with Gasteiger partial charge in [-0.1, -0.05) is 60.7 Å². The Bertz CT molecular complexity index is 707. The fourth-order valence-electron chi connectivity index (χ4n) is 2.33. The van der Waals surface area contributed by atoms with Gasteiger partial charge in [-0.15, -0.1) is 5.10 Å². The molecule has 0 spiro atoms. The fourth-order valence-corrected chi connectivity index (χ4v) is 2.57. The molecule has 3 aromatic rings. The van der Waals surface area contributed by atoms with Crippen molar-refractivity contribution in [2.24, 2.45) is 0 Å². The molecule has 0 amide bonds. The minimum Gasteiger partial charge on any atom is -0.368 e. The zero-order valence-electron chi connectivity index (χ0n) is 10.7. The van der Waals surface area contributed by atoms with Crippen molar-refractivity contribution in [3.05, 3.63) is 76.6 Å². The number of nitrogens with two attached hydrogens (primary N) is 1. The van der Waals surface area contributed by atoms with Crippen LogP contribution in [-0.2, 0) is 0 Å². The largest absolute Gasteiger partial charge is 0.368 e. The van der Waals surface area contributed by atoms with Gasteiger partial charge in [0.05, 0.1) is 6.04 Å². The molecule has 3 N–H and O–H groups in total. The average molecular weight is 282 g/mol. The van der Waals surface area contributed by atoms with Crippen LogP contribution in [0, 0.1) is 4.77 Å². The molecule has 0 aliphatic heterocycles. The van der Waals surface area contributed by atoms with E-state index in [-0.39, 0.29) is 6.04 Å². The highest BCUT2D eigenvalue weighted by Crippen LogP contribution is 2.28. The molecular weight excluding hydrogens is 268 g/mol. The lowest BCUT2D eigenvalue weighted by Crippen LogP contribution is -2.15. The SMILES string of the molecule is Nc1n[nH]c(=S)n1C(c1ccccc1)c1ccccc1.